The molecule has 1 heterocycles. The van der Waals surface area contributed by atoms with Gasteiger partial charge in [0.25, 0.3) is 5.91 Å². The van der Waals surface area contributed by atoms with E-state index in [9.17, 15) is 18.4 Å². The number of nitrogens with zero attached hydrogens (tertiary/aromatic N) is 2. The molecule has 0 saturated carbocycles. The number of carbonyl (C=O) groups is 2. The molecule has 0 unspecified atom stereocenters. The highest BCUT2D eigenvalue weighted by molar-refractivity contribution is 6.04. The van der Waals surface area contributed by atoms with Crippen molar-refractivity contribution in [3.8, 4) is 0 Å². The van der Waals surface area contributed by atoms with Crippen LogP contribution in [0.1, 0.15) is 26.5 Å². The first-order chi connectivity index (χ1) is 9.49. The van der Waals surface area contributed by atoms with E-state index in [1.165, 1.54) is 6.33 Å². The molecule has 0 aliphatic rings. The Morgan fingerprint density at radius 1 is 1.25 bits per heavy atom. The maximum atomic E-state index is 13.1. The number of hydrogen-bond acceptors (Lipinski definition) is 4. The van der Waals surface area contributed by atoms with E-state index in [-0.39, 0.29) is 6.54 Å². The summed E-state index contributed by atoms with van der Waals surface area (Å²) in [6, 6.07) is 0.996. The number of carboxylic acids is 1. The number of halogens is 2. The summed E-state index contributed by atoms with van der Waals surface area (Å²) in [5, 5.41) is 17.2. The summed E-state index contributed by atoms with van der Waals surface area (Å²) in [4.78, 5) is 26.5. The van der Waals surface area contributed by atoms with Gasteiger partial charge in [-0.25, -0.2) is 18.6 Å². The van der Waals surface area contributed by atoms with Gasteiger partial charge in [0.05, 0.1) is 17.7 Å². The zero-order valence-corrected chi connectivity index (χ0v) is 9.85. The van der Waals surface area contributed by atoms with Crippen LogP contribution < -0.4 is 5.32 Å². The lowest BCUT2D eigenvalue weighted by Gasteiger charge is -2.07. The van der Waals surface area contributed by atoms with Crippen LogP contribution in [0.3, 0.4) is 0 Å². The molecular formula is C11H8F2N4O3. The van der Waals surface area contributed by atoms with Crippen molar-refractivity contribution < 1.29 is 23.5 Å². The lowest BCUT2D eigenvalue weighted by atomic mass is 10.1. The number of aromatic nitrogens is 3. The van der Waals surface area contributed by atoms with Crippen molar-refractivity contribution in [3.05, 3.63) is 47.0 Å². The minimum absolute atomic E-state index is 0.0586. The summed E-state index contributed by atoms with van der Waals surface area (Å²) >= 11 is 0. The number of H-pyrrole nitrogens is 1. The van der Waals surface area contributed by atoms with Crippen LogP contribution in [0.5, 0.6) is 0 Å². The van der Waals surface area contributed by atoms with E-state index in [0.717, 1.165) is 0 Å². The molecule has 0 aliphatic carbocycles. The second kappa shape index (κ2) is 5.43. The summed E-state index contributed by atoms with van der Waals surface area (Å²) in [6.07, 6.45) is 1.22. The molecule has 2 rings (SSSR count). The Kier molecular flexibility index (Phi) is 3.69. The molecule has 0 atom stereocenters. The van der Waals surface area contributed by atoms with E-state index in [4.69, 9.17) is 5.11 Å². The fourth-order valence-electron chi connectivity index (χ4n) is 1.49. The summed E-state index contributed by atoms with van der Waals surface area (Å²) in [7, 11) is 0. The standard InChI is InChI=1S/C11H8F2N4O3/c12-7-1-5(6(11(19)20)2-8(7)13)10(18)14-3-9-15-4-16-17-9/h1-2,4H,3H2,(H,14,18)(H,19,20)(H,15,16,17). The lowest BCUT2D eigenvalue weighted by Crippen LogP contribution is -2.26. The Bertz CT molecular complexity index is 658. The van der Waals surface area contributed by atoms with Crippen molar-refractivity contribution >= 4 is 11.9 Å². The van der Waals surface area contributed by atoms with Crippen molar-refractivity contribution in [3.63, 3.8) is 0 Å². The first-order valence-corrected chi connectivity index (χ1v) is 5.34. The van der Waals surface area contributed by atoms with Crippen LogP contribution in [0.15, 0.2) is 18.5 Å². The molecule has 1 aromatic heterocycles. The highest BCUT2D eigenvalue weighted by atomic mass is 19.2. The molecule has 0 saturated heterocycles. The lowest BCUT2D eigenvalue weighted by molar-refractivity contribution is 0.0690. The van der Waals surface area contributed by atoms with Crippen molar-refractivity contribution in [2.45, 2.75) is 6.54 Å². The quantitative estimate of drug-likeness (QED) is 0.765. The number of nitrogens with one attached hydrogen (secondary N) is 2. The van der Waals surface area contributed by atoms with E-state index in [0.29, 0.717) is 18.0 Å². The Morgan fingerprint density at radius 3 is 2.45 bits per heavy atom. The van der Waals surface area contributed by atoms with Crippen LogP contribution >= 0.6 is 0 Å². The first kappa shape index (κ1) is 13.6. The molecule has 0 radical (unpaired) electrons. The zero-order chi connectivity index (χ0) is 14.7. The van der Waals surface area contributed by atoms with Gasteiger partial charge in [-0.3, -0.25) is 9.89 Å². The van der Waals surface area contributed by atoms with Crippen LogP contribution in [0, 0.1) is 11.6 Å². The number of rotatable bonds is 4. The molecule has 0 bridgehead atoms. The fourth-order valence-corrected chi connectivity index (χ4v) is 1.49. The molecule has 9 heteroatoms. The number of amides is 1. The second-order valence-electron chi connectivity index (χ2n) is 3.73. The minimum Gasteiger partial charge on any atom is -0.478 e. The Hall–Kier alpha value is -2.84. The average molecular weight is 282 g/mol. The van der Waals surface area contributed by atoms with E-state index in [1.54, 1.807) is 0 Å². The molecule has 1 aromatic carbocycles. The Labute approximate surface area is 110 Å². The van der Waals surface area contributed by atoms with Crippen molar-refractivity contribution in [2.75, 3.05) is 0 Å². The van der Waals surface area contributed by atoms with Gasteiger partial charge in [-0.15, -0.1) is 0 Å². The molecule has 7 nitrogen and oxygen atoms in total. The van der Waals surface area contributed by atoms with Gasteiger partial charge in [-0.05, 0) is 12.1 Å². The molecule has 2 aromatic rings. The van der Waals surface area contributed by atoms with Crippen molar-refractivity contribution in [1.29, 1.82) is 0 Å². The normalized spacial score (nSPS) is 10.3. The molecule has 20 heavy (non-hydrogen) atoms. The van der Waals surface area contributed by atoms with Crippen LogP contribution in [-0.4, -0.2) is 32.2 Å². The maximum Gasteiger partial charge on any atom is 0.336 e. The van der Waals surface area contributed by atoms with Crippen molar-refractivity contribution in [1.82, 2.24) is 20.5 Å². The van der Waals surface area contributed by atoms with E-state index in [1.807, 2.05) is 0 Å². The van der Waals surface area contributed by atoms with Crippen LogP contribution in [0.25, 0.3) is 0 Å². The van der Waals surface area contributed by atoms with E-state index >= 15 is 0 Å². The number of aromatic carboxylic acids is 1. The first-order valence-electron chi connectivity index (χ1n) is 5.34. The number of carboxylic acid groups (broad SMARTS) is 1. The Morgan fingerprint density at radius 2 is 1.90 bits per heavy atom. The van der Waals surface area contributed by atoms with E-state index in [2.05, 4.69) is 20.5 Å². The molecule has 3 N–H and O–H groups in total. The summed E-state index contributed by atoms with van der Waals surface area (Å²) < 4.78 is 26.1. The highest BCUT2D eigenvalue weighted by Crippen LogP contribution is 2.15. The van der Waals surface area contributed by atoms with Gasteiger partial charge in [0, 0.05) is 0 Å². The van der Waals surface area contributed by atoms with Gasteiger partial charge in [-0.2, -0.15) is 5.10 Å². The molecular weight excluding hydrogens is 274 g/mol. The predicted molar refractivity (Wildman–Crippen MR) is 60.9 cm³/mol. The van der Waals surface area contributed by atoms with Crippen LogP contribution in [0.4, 0.5) is 8.78 Å². The van der Waals surface area contributed by atoms with Gasteiger partial charge >= 0.3 is 5.97 Å². The molecule has 104 valence electrons. The van der Waals surface area contributed by atoms with Gasteiger partial charge < -0.3 is 10.4 Å². The third-order valence-corrected chi connectivity index (χ3v) is 2.42. The number of carbonyl (C=O) groups excluding carboxylic acids is 1. The summed E-state index contributed by atoms with van der Waals surface area (Å²) in [5.41, 5.74) is -1.10. The fraction of sp³-hybridized carbons (Fsp3) is 0.0909. The van der Waals surface area contributed by atoms with E-state index < -0.39 is 34.6 Å². The van der Waals surface area contributed by atoms with Crippen LogP contribution in [0.2, 0.25) is 0 Å². The number of benzene rings is 1. The summed E-state index contributed by atoms with van der Waals surface area (Å²) in [5.74, 6) is -4.71. The van der Waals surface area contributed by atoms with Gasteiger partial charge in [0.15, 0.2) is 11.6 Å². The SMILES string of the molecule is O=C(O)c1cc(F)c(F)cc1C(=O)NCc1ncn[nH]1. The number of aromatic amines is 1. The monoisotopic (exact) mass is 282 g/mol. The molecule has 0 spiro atoms. The van der Waals surface area contributed by atoms with Crippen LogP contribution in [-0.2, 0) is 6.54 Å². The highest BCUT2D eigenvalue weighted by Gasteiger charge is 2.20. The second-order valence-corrected chi connectivity index (χ2v) is 3.73. The zero-order valence-electron chi connectivity index (χ0n) is 9.85. The molecule has 1 amide bonds. The van der Waals surface area contributed by atoms with Gasteiger partial charge in [0.1, 0.15) is 12.2 Å². The number of hydrogen-bond donors (Lipinski definition) is 3. The largest absolute Gasteiger partial charge is 0.478 e. The molecule has 0 aliphatic heterocycles. The molecule has 0 fully saturated rings. The Balaban J connectivity index is 2.24. The van der Waals surface area contributed by atoms with Gasteiger partial charge in [0.2, 0.25) is 0 Å². The third-order valence-electron chi connectivity index (χ3n) is 2.42. The summed E-state index contributed by atoms with van der Waals surface area (Å²) in [6.45, 7) is -0.0586. The topological polar surface area (TPSA) is 108 Å². The third kappa shape index (κ3) is 2.76. The maximum absolute atomic E-state index is 13.1. The van der Waals surface area contributed by atoms with Gasteiger partial charge in [-0.1, -0.05) is 0 Å². The predicted octanol–water partition coefficient (Wildman–Crippen LogP) is 0.711. The van der Waals surface area contributed by atoms with Crippen molar-refractivity contribution in [2.24, 2.45) is 0 Å². The minimum atomic E-state index is -1.53. The average Bonchev–Trinajstić information content (AvgIpc) is 2.91. The smallest absolute Gasteiger partial charge is 0.336 e.